The van der Waals surface area contributed by atoms with Crippen LogP contribution >= 0.6 is 0 Å². The maximum Gasteiger partial charge on any atom is 0.310 e. The minimum atomic E-state index is -1.99. The number of ether oxygens (including phenoxy) is 2. The van der Waals surface area contributed by atoms with Crippen molar-refractivity contribution < 1.29 is 34.4 Å². The first-order valence-electron chi connectivity index (χ1n) is 18.9. The lowest BCUT2D eigenvalue weighted by molar-refractivity contribution is -0.220. The first-order valence-corrected chi connectivity index (χ1v) is 18.9. The van der Waals surface area contributed by atoms with Crippen LogP contribution in [0.25, 0.3) is 0 Å². The number of carbonyl (C=O) groups is 2. The molecular formula is C47H48O7. The van der Waals surface area contributed by atoms with Gasteiger partial charge in [0, 0.05) is 35.5 Å². The van der Waals surface area contributed by atoms with Crippen molar-refractivity contribution in [3.63, 3.8) is 0 Å². The second-order valence-corrected chi connectivity index (χ2v) is 16.4. The molecule has 278 valence electrons. The van der Waals surface area contributed by atoms with Gasteiger partial charge in [-0.2, -0.15) is 0 Å². The summed E-state index contributed by atoms with van der Waals surface area (Å²) < 4.78 is 13.4. The summed E-state index contributed by atoms with van der Waals surface area (Å²) in [5.41, 5.74) is -2.56. The third-order valence-corrected chi connectivity index (χ3v) is 13.3. The Morgan fingerprint density at radius 3 is 1.80 bits per heavy atom. The van der Waals surface area contributed by atoms with Crippen LogP contribution in [0.1, 0.15) is 56.4 Å². The van der Waals surface area contributed by atoms with E-state index in [1.165, 1.54) is 0 Å². The van der Waals surface area contributed by atoms with E-state index in [4.69, 9.17) is 9.47 Å². The highest BCUT2D eigenvalue weighted by Crippen LogP contribution is 2.75. The largest absolute Gasteiger partial charge is 0.459 e. The van der Waals surface area contributed by atoms with Crippen molar-refractivity contribution in [1.29, 1.82) is 0 Å². The van der Waals surface area contributed by atoms with E-state index in [0.29, 0.717) is 11.1 Å². The van der Waals surface area contributed by atoms with Crippen molar-refractivity contribution in [2.45, 2.75) is 69.0 Å². The molecule has 4 aromatic carbocycles. The first-order chi connectivity index (χ1) is 25.8. The Bertz CT molecular complexity index is 2010. The molecule has 0 heterocycles. The molecule has 0 unspecified atom stereocenters. The fourth-order valence-corrected chi connectivity index (χ4v) is 10.5. The zero-order valence-electron chi connectivity index (χ0n) is 31.2. The smallest absolute Gasteiger partial charge is 0.310 e. The molecule has 0 amide bonds. The number of fused-ring (bicyclic) bond motifs is 5. The van der Waals surface area contributed by atoms with E-state index >= 15 is 0 Å². The van der Waals surface area contributed by atoms with Gasteiger partial charge in [-0.25, -0.2) is 0 Å². The molecule has 8 atom stereocenters. The standard InChI is InChI=1S/C47H48O7/c1-30-25-38-44(50,41(30)49)28-33(29-53-46(34-19-11-6-12-20-34,35-21-13-7-14-22-35)36-23-15-8-16-24-36)26-37-40-43(3,4)47(40,52)42(31(2)45(37,38)51)54-39(48)27-32-17-9-5-10-18-32/h5-26,31,37-38,40,42,50-52H,27-29H2,1-4H3/t31-,37+,38-,40-,42-,44-,45-,47-/m1/s1. The second kappa shape index (κ2) is 13.0. The van der Waals surface area contributed by atoms with Crippen molar-refractivity contribution in [3.8, 4) is 0 Å². The average molecular weight is 725 g/mol. The number of hydrogen-bond acceptors (Lipinski definition) is 7. The lowest BCUT2D eigenvalue weighted by Crippen LogP contribution is -2.65. The van der Waals surface area contributed by atoms with E-state index in [9.17, 15) is 24.9 Å². The molecule has 0 aliphatic heterocycles. The lowest BCUT2D eigenvalue weighted by Gasteiger charge is -2.52. The second-order valence-electron chi connectivity index (χ2n) is 16.4. The van der Waals surface area contributed by atoms with Gasteiger partial charge in [-0.3, -0.25) is 9.59 Å². The molecule has 0 aromatic heterocycles. The van der Waals surface area contributed by atoms with Gasteiger partial charge in [0.25, 0.3) is 0 Å². The molecular weight excluding hydrogens is 677 g/mol. The molecule has 3 N–H and O–H groups in total. The predicted molar refractivity (Wildman–Crippen MR) is 205 cm³/mol. The summed E-state index contributed by atoms with van der Waals surface area (Å²) in [5.74, 6) is -4.10. The SMILES string of the molecule is CC1=C[C@H]2[C@@]3(O)[C@H](C)[C@@H](OC(=O)Cc4ccccc4)[C@]4(O)[C@H]([C@@H]3C=C(COC(c3ccccc3)(c3ccccc3)c3ccccc3)C[C@]2(O)C1=O)C4(C)C. The van der Waals surface area contributed by atoms with Gasteiger partial charge in [-0.15, -0.1) is 0 Å². The fourth-order valence-electron chi connectivity index (χ4n) is 10.5. The molecule has 7 nitrogen and oxygen atoms in total. The van der Waals surface area contributed by atoms with Crippen molar-refractivity contribution >= 4 is 11.8 Å². The summed E-state index contributed by atoms with van der Waals surface area (Å²) in [6, 6.07) is 39.2. The lowest BCUT2D eigenvalue weighted by atomic mass is 9.59. The Morgan fingerprint density at radius 1 is 0.778 bits per heavy atom. The number of hydrogen-bond donors (Lipinski definition) is 3. The minimum Gasteiger partial charge on any atom is -0.459 e. The summed E-state index contributed by atoms with van der Waals surface area (Å²) in [6.07, 6.45) is 2.48. The van der Waals surface area contributed by atoms with Crippen LogP contribution in [0.4, 0.5) is 0 Å². The van der Waals surface area contributed by atoms with Crippen molar-refractivity contribution in [3.05, 3.63) is 167 Å². The van der Waals surface area contributed by atoms with Gasteiger partial charge < -0.3 is 24.8 Å². The van der Waals surface area contributed by atoms with Crippen LogP contribution in [-0.2, 0) is 31.1 Å². The van der Waals surface area contributed by atoms with E-state index in [2.05, 4.69) is 0 Å². The number of rotatable bonds is 9. The van der Waals surface area contributed by atoms with Crippen molar-refractivity contribution in [2.24, 2.45) is 29.1 Å². The molecule has 8 rings (SSSR count). The average Bonchev–Trinajstić information content (AvgIpc) is 3.58. The highest BCUT2D eigenvalue weighted by Gasteiger charge is 2.85. The topological polar surface area (TPSA) is 113 Å². The Hall–Kier alpha value is -4.66. The van der Waals surface area contributed by atoms with Crippen LogP contribution < -0.4 is 0 Å². The van der Waals surface area contributed by atoms with E-state index in [1.54, 1.807) is 19.9 Å². The number of benzene rings is 4. The first kappa shape index (κ1) is 36.3. The summed E-state index contributed by atoms with van der Waals surface area (Å²) >= 11 is 0. The quantitative estimate of drug-likeness (QED) is 0.0996. The minimum absolute atomic E-state index is 0.00530. The summed E-state index contributed by atoms with van der Waals surface area (Å²) in [4.78, 5) is 27.6. The number of ketones is 1. The van der Waals surface area contributed by atoms with Gasteiger partial charge in [-0.05, 0) is 40.3 Å². The van der Waals surface area contributed by atoms with Crippen molar-refractivity contribution in [1.82, 2.24) is 0 Å². The van der Waals surface area contributed by atoms with Crippen LogP contribution in [0, 0.1) is 29.1 Å². The molecule has 0 bridgehead atoms. The van der Waals surface area contributed by atoms with Gasteiger partial charge in [0.05, 0.1) is 18.6 Å². The fraction of sp³-hybridized carbons (Fsp3) is 0.362. The molecule has 54 heavy (non-hydrogen) atoms. The summed E-state index contributed by atoms with van der Waals surface area (Å²) in [5, 5.41) is 38.5. The van der Waals surface area contributed by atoms with Crippen LogP contribution in [0.15, 0.2) is 145 Å². The van der Waals surface area contributed by atoms with Crippen molar-refractivity contribution in [2.75, 3.05) is 6.61 Å². The van der Waals surface area contributed by atoms with Gasteiger partial charge in [0.2, 0.25) is 0 Å². The molecule has 2 saturated carbocycles. The van der Waals surface area contributed by atoms with Crippen LogP contribution in [0.2, 0.25) is 0 Å². The number of carbonyl (C=O) groups excluding carboxylic acids is 2. The number of esters is 1. The van der Waals surface area contributed by atoms with Crippen LogP contribution in [0.5, 0.6) is 0 Å². The van der Waals surface area contributed by atoms with Gasteiger partial charge >= 0.3 is 5.97 Å². The predicted octanol–water partition coefficient (Wildman–Crippen LogP) is 6.74. The Labute approximate surface area is 317 Å². The maximum atomic E-state index is 14.1. The third kappa shape index (κ3) is 5.24. The molecule has 2 fully saturated rings. The Morgan fingerprint density at radius 2 is 1.28 bits per heavy atom. The zero-order chi connectivity index (χ0) is 38.1. The third-order valence-electron chi connectivity index (χ3n) is 13.3. The summed E-state index contributed by atoms with van der Waals surface area (Å²) in [7, 11) is 0. The van der Waals surface area contributed by atoms with Crippen LogP contribution in [0.3, 0.4) is 0 Å². The van der Waals surface area contributed by atoms with E-state index in [-0.39, 0.29) is 19.4 Å². The molecule has 0 radical (unpaired) electrons. The normalized spacial score (nSPS) is 32.3. The molecule has 4 aromatic rings. The van der Waals surface area contributed by atoms with E-state index < -0.39 is 69.3 Å². The molecule has 4 aliphatic carbocycles. The molecule has 7 heteroatoms. The van der Waals surface area contributed by atoms with E-state index in [1.807, 2.05) is 141 Å². The Balaban J connectivity index is 1.23. The monoisotopic (exact) mass is 724 g/mol. The van der Waals surface area contributed by atoms with E-state index in [0.717, 1.165) is 22.3 Å². The zero-order valence-corrected chi connectivity index (χ0v) is 31.2. The summed E-state index contributed by atoms with van der Waals surface area (Å²) in [6.45, 7) is 7.31. The van der Waals surface area contributed by atoms with Gasteiger partial charge in [0.15, 0.2) is 5.78 Å². The van der Waals surface area contributed by atoms with Crippen LogP contribution in [-0.4, -0.2) is 56.6 Å². The van der Waals surface area contributed by atoms with Gasteiger partial charge in [-0.1, -0.05) is 154 Å². The highest BCUT2D eigenvalue weighted by molar-refractivity contribution is 6.04. The molecule has 0 spiro atoms. The number of aliphatic hydroxyl groups is 3. The van der Waals surface area contributed by atoms with Gasteiger partial charge in [0.1, 0.15) is 22.9 Å². The Kier molecular flexibility index (Phi) is 8.73. The maximum absolute atomic E-state index is 14.1. The molecule has 4 aliphatic rings. The number of Topliss-reactive ketones (excluding diaryl/α,β-unsaturated/α-hetero) is 1. The highest BCUT2D eigenvalue weighted by atomic mass is 16.6. The molecule has 0 saturated heterocycles.